The molecule has 0 amide bonds. The third-order valence-electron chi connectivity index (χ3n) is 3.56. The van der Waals surface area contributed by atoms with Gasteiger partial charge in [0.1, 0.15) is 5.82 Å². The summed E-state index contributed by atoms with van der Waals surface area (Å²) in [6.45, 7) is 1.10. The van der Waals surface area contributed by atoms with E-state index in [1.54, 1.807) is 6.07 Å². The van der Waals surface area contributed by atoms with Crippen molar-refractivity contribution in [2.45, 2.75) is 18.9 Å². The third-order valence-corrected chi connectivity index (χ3v) is 3.56. The number of halogens is 1. The minimum absolute atomic E-state index is 0.163. The predicted octanol–water partition coefficient (Wildman–Crippen LogP) is 3.92. The first-order valence-electron chi connectivity index (χ1n) is 6.43. The number of hydrogen-bond donors (Lipinski definition) is 1. The lowest BCUT2D eigenvalue weighted by molar-refractivity contribution is 0.631. The van der Waals surface area contributed by atoms with Crippen LogP contribution >= 0.6 is 0 Å². The second-order valence-corrected chi connectivity index (χ2v) is 4.75. The normalized spacial score (nSPS) is 19.1. The van der Waals surface area contributed by atoms with E-state index in [1.165, 1.54) is 24.5 Å². The van der Waals surface area contributed by atoms with Crippen molar-refractivity contribution >= 4 is 0 Å². The molecule has 92 valence electrons. The topological polar surface area (TPSA) is 12.0 Å². The fraction of sp³-hybridized carbons (Fsp3) is 0.250. The molecule has 0 bridgehead atoms. The van der Waals surface area contributed by atoms with Gasteiger partial charge in [0.2, 0.25) is 0 Å². The minimum Gasteiger partial charge on any atom is -0.310 e. The molecular formula is C16H16FN. The van der Waals surface area contributed by atoms with Crippen LogP contribution in [-0.4, -0.2) is 6.54 Å². The van der Waals surface area contributed by atoms with E-state index < -0.39 is 0 Å². The zero-order valence-electron chi connectivity index (χ0n) is 10.2. The average Bonchev–Trinajstić information content (AvgIpc) is 2.94. The summed E-state index contributed by atoms with van der Waals surface area (Å²) in [5.41, 5.74) is 2.91. The second kappa shape index (κ2) is 4.91. The molecule has 1 saturated heterocycles. The Labute approximate surface area is 107 Å². The van der Waals surface area contributed by atoms with Crippen LogP contribution in [0.5, 0.6) is 0 Å². The molecule has 2 aromatic rings. The van der Waals surface area contributed by atoms with Gasteiger partial charge in [-0.1, -0.05) is 42.5 Å². The standard InChI is InChI=1S/C16H16FN/c17-15-5-2-1-4-14(15)12-7-9-13(10-8-12)16-6-3-11-18-16/h1-2,4-5,7-10,16,18H,3,6,11H2. The van der Waals surface area contributed by atoms with Gasteiger partial charge in [-0.25, -0.2) is 4.39 Å². The van der Waals surface area contributed by atoms with Crippen LogP contribution in [0.2, 0.25) is 0 Å². The Bertz CT molecular complexity index is 527. The third kappa shape index (κ3) is 2.16. The SMILES string of the molecule is Fc1ccccc1-c1ccc(C2CCCN2)cc1. The van der Waals surface area contributed by atoms with Gasteiger partial charge in [0.05, 0.1) is 0 Å². The molecule has 1 atom stereocenters. The van der Waals surface area contributed by atoms with E-state index in [4.69, 9.17) is 0 Å². The van der Waals surface area contributed by atoms with E-state index in [0.29, 0.717) is 11.6 Å². The highest BCUT2D eigenvalue weighted by Crippen LogP contribution is 2.27. The van der Waals surface area contributed by atoms with E-state index in [9.17, 15) is 4.39 Å². The molecule has 0 aliphatic carbocycles. The van der Waals surface area contributed by atoms with Crippen molar-refractivity contribution in [3.63, 3.8) is 0 Å². The summed E-state index contributed by atoms with van der Waals surface area (Å²) in [6.07, 6.45) is 2.43. The summed E-state index contributed by atoms with van der Waals surface area (Å²) in [5, 5.41) is 3.47. The fourth-order valence-corrected chi connectivity index (χ4v) is 2.56. The molecule has 3 rings (SSSR count). The maximum absolute atomic E-state index is 13.7. The van der Waals surface area contributed by atoms with Crippen molar-refractivity contribution in [3.05, 3.63) is 59.9 Å². The summed E-state index contributed by atoms with van der Waals surface area (Å²) in [6, 6.07) is 15.6. The molecular weight excluding hydrogens is 225 g/mol. The van der Waals surface area contributed by atoms with Crippen molar-refractivity contribution in [1.82, 2.24) is 5.32 Å². The van der Waals surface area contributed by atoms with Crippen molar-refractivity contribution in [3.8, 4) is 11.1 Å². The molecule has 18 heavy (non-hydrogen) atoms. The van der Waals surface area contributed by atoms with E-state index in [-0.39, 0.29) is 5.82 Å². The molecule has 1 fully saturated rings. The second-order valence-electron chi connectivity index (χ2n) is 4.75. The van der Waals surface area contributed by atoms with Gasteiger partial charge in [-0.15, -0.1) is 0 Å². The Hall–Kier alpha value is -1.67. The Morgan fingerprint density at radius 2 is 1.78 bits per heavy atom. The lowest BCUT2D eigenvalue weighted by Crippen LogP contribution is -2.12. The Balaban J connectivity index is 1.89. The zero-order valence-corrected chi connectivity index (χ0v) is 10.2. The molecule has 0 saturated carbocycles. The number of rotatable bonds is 2. The molecule has 2 heteroatoms. The first-order valence-corrected chi connectivity index (χ1v) is 6.43. The molecule has 1 aliphatic heterocycles. The van der Waals surface area contributed by atoms with Gasteiger partial charge in [0.15, 0.2) is 0 Å². The molecule has 1 nitrogen and oxygen atoms in total. The van der Waals surface area contributed by atoms with Gasteiger partial charge >= 0.3 is 0 Å². The average molecular weight is 241 g/mol. The summed E-state index contributed by atoms with van der Waals surface area (Å²) < 4.78 is 13.7. The van der Waals surface area contributed by atoms with Crippen LogP contribution < -0.4 is 5.32 Å². The maximum atomic E-state index is 13.7. The Kier molecular flexibility index (Phi) is 3.11. The van der Waals surface area contributed by atoms with Crippen LogP contribution in [0.1, 0.15) is 24.4 Å². The summed E-state index contributed by atoms with van der Waals surface area (Å²) in [5.74, 6) is -0.163. The van der Waals surface area contributed by atoms with E-state index in [2.05, 4.69) is 17.4 Å². The van der Waals surface area contributed by atoms with Gasteiger partial charge in [-0.3, -0.25) is 0 Å². The van der Waals surface area contributed by atoms with Gasteiger partial charge in [-0.05, 0) is 36.6 Å². The van der Waals surface area contributed by atoms with Crippen molar-refractivity contribution < 1.29 is 4.39 Å². The first kappa shape index (κ1) is 11.4. The summed E-state index contributed by atoms with van der Waals surface area (Å²) in [4.78, 5) is 0. The number of benzene rings is 2. The van der Waals surface area contributed by atoms with E-state index in [0.717, 1.165) is 12.1 Å². The highest BCUT2D eigenvalue weighted by molar-refractivity contribution is 5.64. The Morgan fingerprint density at radius 1 is 1.00 bits per heavy atom. The van der Waals surface area contributed by atoms with Crippen LogP contribution in [0.25, 0.3) is 11.1 Å². The molecule has 1 unspecified atom stereocenters. The van der Waals surface area contributed by atoms with E-state index in [1.807, 2.05) is 24.3 Å². The smallest absolute Gasteiger partial charge is 0.131 e. The van der Waals surface area contributed by atoms with Crippen molar-refractivity contribution in [2.75, 3.05) is 6.54 Å². The lowest BCUT2D eigenvalue weighted by atomic mass is 10.00. The Morgan fingerprint density at radius 3 is 2.44 bits per heavy atom. The van der Waals surface area contributed by atoms with Crippen LogP contribution in [-0.2, 0) is 0 Å². The first-order chi connectivity index (χ1) is 8.84. The van der Waals surface area contributed by atoms with Gasteiger partial charge in [0.25, 0.3) is 0 Å². The monoisotopic (exact) mass is 241 g/mol. The molecule has 0 spiro atoms. The quantitative estimate of drug-likeness (QED) is 0.840. The van der Waals surface area contributed by atoms with Gasteiger partial charge < -0.3 is 5.32 Å². The van der Waals surface area contributed by atoms with Crippen LogP contribution in [0.4, 0.5) is 4.39 Å². The molecule has 0 radical (unpaired) electrons. The highest BCUT2D eigenvalue weighted by Gasteiger charge is 2.15. The summed E-state index contributed by atoms with van der Waals surface area (Å²) >= 11 is 0. The minimum atomic E-state index is -0.163. The molecule has 0 aromatic heterocycles. The number of hydrogen-bond acceptors (Lipinski definition) is 1. The largest absolute Gasteiger partial charge is 0.310 e. The van der Waals surface area contributed by atoms with Crippen molar-refractivity contribution in [2.24, 2.45) is 0 Å². The molecule has 1 heterocycles. The summed E-state index contributed by atoms with van der Waals surface area (Å²) in [7, 11) is 0. The van der Waals surface area contributed by atoms with Crippen LogP contribution in [0.15, 0.2) is 48.5 Å². The predicted molar refractivity (Wildman–Crippen MR) is 71.8 cm³/mol. The highest BCUT2D eigenvalue weighted by atomic mass is 19.1. The molecule has 1 N–H and O–H groups in total. The van der Waals surface area contributed by atoms with Crippen LogP contribution in [0.3, 0.4) is 0 Å². The molecule has 1 aliphatic rings. The lowest BCUT2D eigenvalue weighted by Gasteiger charge is -2.11. The maximum Gasteiger partial charge on any atom is 0.131 e. The van der Waals surface area contributed by atoms with Gasteiger partial charge in [0, 0.05) is 11.6 Å². The number of nitrogens with one attached hydrogen (secondary N) is 1. The van der Waals surface area contributed by atoms with Gasteiger partial charge in [-0.2, -0.15) is 0 Å². The van der Waals surface area contributed by atoms with E-state index >= 15 is 0 Å². The fourth-order valence-electron chi connectivity index (χ4n) is 2.56. The van der Waals surface area contributed by atoms with Crippen molar-refractivity contribution in [1.29, 1.82) is 0 Å². The zero-order chi connectivity index (χ0) is 12.4. The van der Waals surface area contributed by atoms with Crippen LogP contribution in [0, 0.1) is 5.82 Å². The molecule has 2 aromatic carbocycles.